The highest BCUT2D eigenvalue weighted by atomic mass is 16.7. The summed E-state index contributed by atoms with van der Waals surface area (Å²) in [6.45, 7) is 1.36. The van der Waals surface area contributed by atoms with Gasteiger partial charge in [0.15, 0.2) is 5.78 Å². The van der Waals surface area contributed by atoms with E-state index in [1.165, 1.54) is 18.2 Å². The van der Waals surface area contributed by atoms with E-state index in [9.17, 15) is 30.3 Å². The molecular weight excluding hydrogens is 392 g/mol. The summed E-state index contributed by atoms with van der Waals surface area (Å²) in [6.07, 6.45) is -6.78. The van der Waals surface area contributed by atoms with Crippen LogP contribution in [0.5, 0.6) is 11.5 Å². The number of rotatable bonds is 7. The van der Waals surface area contributed by atoms with Gasteiger partial charge < -0.3 is 35.0 Å². The van der Waals surface area contributed by atoms with Crippen molar-refractivity contribution in [3.8, 4) is 11.5 Å². The predicted octanol–water partition coefficient (Wildman–Crippen LogP) is 0.695. The van der Waals surface area contributed by atoms with E-state index in [-0.39, 0.29) is 29.3 Å². The van der Waals surface area contributed by atoms with Gasteiger partial charge in [-0.1, -0.05) is 35.9 Å². The van der Waals surface area contributed by atoms with Gasteiger partial charge in [0.25, 0.3) is 0 Å². The second-order valence-electron chi connectivity index (χ2n) is 7.38. The van der Waals surface area contributed by atoms with E-state index >= 15 is 0 Å². The van der Waals surface area contributed by atoms with Gasteiger partial charge in [-0.2, -0.15) is 0 Å². The number of hydrogen-bond acceptors (Lipinski definition) is 8. The number of aromatic hydroxyl groups is 1. The van der Waals surface area contributed by atoms with Crippen LogP contribution in [0, 0.1) is 6.92 Å². The summed E-state index contributed by atoms with van der Waals surface area (Å²) in [7, 11) is 0. The molecule has 1 heterocycles. The van der Waals surface area contributed by atoms with Crippen LogP contribution >= 0.6 is 0 Å². The van der Waals surface area contributed by atoms with Gasteiger partial charge in [0.1, 0.15) is 41.5 Å². The molecule has 0 spiro atoms. The van der Waals surface area contributed by atoms with E-state index in [1.54, 1.807) is 0 Å². The van der Waals surface area contributed by atoms with Crippen LogP contribution in [0.4, 0.5) is 0 Å². The fourth-order valence-corrected chi connectivity index (χ4v) is 3.44. The van der Waals surface area contributed by atoms with Gasteiger partial charge in [0.05, 0.1) is 6.61 Å². The number of aliphatic hydroxyl groups is 4. The summed E-state index contributed by atoms with van der Waals surface area (Å²) in [5.41, 5.74) is 1.99. The molecule has 1 saturated heterocycles. The van der Waals surface area contributed by atoms with Gasteiger partial charge in [0.2, 0.25) is 6.29 Å². The van der Waals surface area contributed by atoms with Crippen molar-refractivity contribution in [2.75, 3.05) is 6.61 Å². The molecule has 2 aromatic rings. The standard InChI is InChI=1S/C22H26O8/c1-12-4-2-5-13(10-12)8-9-15(25)18-14(24)6-3-7-16(18)29-22-21(28)20(27)19(26)17(11-23)30-22/h2-7,10,17,19-24,26-28H,8-9,11H2,1H3/t17-,19-,20+,21-,22-/m1/s1. The van der Waals surface area contributed by atoms with Gasteiger partial charge in [0, 0.05) is 6.42 Å². The fourth-order valence-electron chi connectivity index (χ4n) is 3.44. The summed E-state index contributed by atoms with van der Waals surface area (Å²) in [6, 6.07) is 12.0. The molecule has 2 aromatic carbocycles. The number of carbonyl (C=O) groups is 1. The maximum Gasteiger partial charge on any atom is 0.229 e. The molecule has 1 aliphatic heterocycles. The van der Waals surface area contributed by atoms with E-state index < -0.39 is 37.3 Å². The first-order valence-corrected chi connectivity index (χ1v) is 9.69. The molecule has 5 atom stereocenters. The molecule has 1 fully saturated rings. The van der Waals surface area contributed by atoms with Gasteiger partial charge in [-0.15, -0.1) is 0 Å². The highest BCUT2D eigenvalue weighted by molar-refractivity contribution is 6.01. The second kappa shape index (κ2) is 9.55. The lowest BCUT2D eigenvalue weighted by atomic mass is 9.98. The number of benzene rings is 2. The van der Waals surface area contributed by atoms with Gasteiger partial charge >= 0.3 is 0 Å². The number of phenols is 1. The smallest absolute Gasteiger partial charge is 0.229 e. The Morgan fingerprint density at radius 1 is 1.07 bits per heavy atom. The molecule has 0 bridgehead atoms. The van der Waals surface area contributed by atoms with Crippen molar-refractivity contribution in [1.82, 2.24) is 0 Å². The van der Waals surface area contributed by atoms with E-state index in [0.717, 1.165) is 11.1 Å². The molecule has 1 aliphatic rings. The minimum atomic E-state index is -1.62. The Hall–Kier alpha value is -2.49. The number of hydrogen-bond donors (Lipinski definition) is 5. The molecule has 0 aliphatic carbocycles. The minimum Gasteiger partial charge on any atom is -0.507 e. The normalized spacial score (nSPS) is 26.4. The molecule has 0 saturated carbocycles. The minimum absolute atomic E-state index is 0.0337. The quantitative estimate of drug-likeness (QED) is 0.415. The lowest BCUT2D eigenvalue weighted by Crippen LogP contribution is -2.60. The fraction of sp³-hybridized carbons (Fsp3) is 0.409. The average Bonchev–Trinajstić information content (AvgIpc) is 2.72. The average molecular weight is 418 g/mol. The summed E-state index contributed by atoms with van der Waals surface area (Å²) in [5.74, 6) is -0.686. The largest absolute Gasteiger partial charge is 0.507 e. The maximum atomic E-state index is 12.8. The Bertz CT molecular complexity index is 881. The SMILES string of the molecule is Cc1cccc(CCC(=O)c2c(O)cccc2O[C@@H]2O[C@H](CO)[C@@H](O)[C@H](O)[C@H]2O)c1. The third-order valence-corrected chi connectivity index (χ3v) is 5.10. The van der Waals surface area contributed by atoms with Crippen molar-refractivity contribution in [3.63, 3.8) is 0 Å². The number of ketones is 1. The molecule has 30 heavy (non-hydrogen) atoms. The Morgan fingerprint density at radius 2 is 1.80 bits per heavy atom. The molecule has 0 aromatic heterocycles. The lowest BCUT2D eigenvalue weighted by Gasteiger charge is -2.39. The molecule has 0 unspecified atom stereocenters. The van der Waals surface area contributed by atoms with Crippen molar-refractivity contribution < 1.29 is 39.8 Å². The van der Waals surface area contributed by atoms with E-state index in [0.29, 0.717) is 6.42 Å². The number of aliphatic hydroxyl groups excluding tert-OH is 4. The molecule has 8 nitrogen and oxygen atoms in total. The molecular formula is C22H26O8. The maximum absolute atomic E-state index is 12.8. The topological polar surface area (TPSA) is 137 Å². The number of ether oxygens (including phenoxy) is 2. The molecule has 5 N–H and O–H groups in total. The van der Waals surface area contributed by atoms with E-state index in [1.807, 2.05) is 31.2 Å². The first kappa shape index (κ1) is 22.2. The van der Waals surface area contributed by atoms with Crippen molar-refractivity contribution in [2.45, 2.75) is 50.5 Å². The van der Waals surface area contributed by atoms with Crippen LogP contribution < -0.4 is 4.74 Å². The Balaban J connectivity index is 1.78. The van der Waals surface area contributed by atoms with Crippen molar-refractivity contribution in [3.05, 3.63) is 59.2 Å². The number of phenolic OH excluding ortho intramolecular Hbond substituents is 1. The first-order valence-electron chi connectivity index (χ1n) is 9.69. The van der Waals surface area contributed by atoms with Gasteiger partial charge in [-0.05, 0) is 31.0 Å². The third-order valence-electron chi connectivity index (χ3n) is 5.10. The first-order chi connectivity index (χ1) is 14.3. The third kappa shape index (κ3) is 4.80. The molecule has 8 heteroatoms. The number of Topliss-reactive ketones (excluding diaryl/α,β-unsaturated/α-hetero) is 1. The van der Waals surface area contributed by atoms with Gasteiger partial charge in [-0.25, -0.2) is 0 Å². The van der Waals surface area contributed by atoms with E-state index in [2.05, 4.69) is 0 Å². The molecule has 0 amide bonds. The van der Waals surface area contributed by atoms with Gasteiger partial charge in [-0.3, -0.25) is 4.79 Å². The monoisotopic (exact) mass is 418 g/mol. The van der Waals surface area contributed by atoms with Crippen LogP contribution in [0.25, 0.3) is 0 Å². The molecule has 0 radical (unpaired) electrons. The van der Waals surface area contributed by atoms with Crippen molar-refractivity contribution in [2.24, 2.45) is 0 Å². The van der Waals surface area contributed by atoms with Crippen LogP contribution in [0.3, 0.4) is 0 Å². The van der Waals surface area contributed by atoms with Crippen molar-refractivity contribution >= 4 is 5.78 Å². The number of aryl methyl sites for hydroxylation is 2. The summed E-state index contributed by atoms with van der Waals surface area (Å²) in [5, 5.41) is 49.5. The second-order valence-corrected chi connectivity index (χ2v) is 7.38. The summed E-state index contributed by atoms with van der Waals surface area (Å²) in [4.78, 5) is 12.8. The van der Waals surface area contributed by atoms with E-state index in [4.69, 9.17) is 9.47 Å². The summed E-state index contributed by atoms with van der Waals surface area (Å²) < 4.78 is 10.9. The van der Waals surface area contributed by atoms with Crippen LogP contribution in [-0.2, 0) is 11.2 Å². The lowest BCUT2D eigenvalue weighted by molar-refractivity contribution is -0.277. The Kier molecular flexibility index (Phi) is 7.06. The molecule has 3 rings (SSSR count). The highest BCUT2D eigenvalue weighted by Crippen LogP contribution is 2.32. The zero-order chi connectivity index (χ0) is 21.8. The number of carbonyl (C=O) groups excluding carboxylic acids is 1. The Labute approximate surface area is 173 Å². The summed E-state index contributed by atoms with van der Waals surface area (Å²) >= 11 is 0. The van der Waals surface area contributed by atoms with Crippen LogP contribution in [0.1, 0.15) is 27.9 Å². The molecule has 162 valence electrons. The Morgan fingerprint density at radius 3 is 2.50 bits per heavy atom. The highest BCUT2D eigenvalue weighted by Gasteiger charge is 2.45. The zero-order valence-corrected chi connectivity index (χ0v) is 16.5. The van der Waals surface area contributed by atoms with Crippen LogP contribution in [-0.4, -0.2) is 68.6 Å². The zero-order valence-electron chi connectivity index (χ0n) is 16.5. The predicted molar refractivity (Wildman–Crippen MR) is 106 cm³/mol. The van der Waals surface area contributed by atoms with Crippen LogP contribution in [0.2, 0.25) is 0 Å². The van der Waals surface area contributed by atoms with Crippen molar-refractivity contribution in [1.29, 1.82) is 0 Å². The van der Waals surface area contributed by atoms with Crippen LogP contribution in [0.15, 0.2) is 42.5 Å².